The number of anilines is 3. The second-order valence-electron chi connectivity index (χ2n) is 9.47. The van der Waals surface area contributed by atoms with Gasteiger partial charge in [0.2, 0.25) is 0 Å². The standard InChI is InChI=1S/C30H33IN6O4/c1-5-6-24(31)26-17-28(37(36-26)21-9-7-19(2)8-10-21)35-30(39)33-25-12-11-22(15-20(25)3)41-23-13-14-32-27(16-23)34-29(38)18-40-4/h7-17,24H,5-6,18H2,1-4H3,(H,32,34,38)(H2,33,35,39). The van der Waals surface area contributed by atoms with E-state index in [1.54, 1.807) is 35.1 Å². The highest BCUT2D eigenvalue weighted by molar-refractivity contribution is 14.1. The zero-order chi connectivity index (χ0) is 29.4. The molecule has 1 atom stereocenters. The van der Waals surface area contributed by atoms with Crippen LogP contribution in [0, 0.1) is 13.8 Å². The molecule has 0 aliphatic rings. The number of nitrogens with one attached hydrogen (secondary N) is 3. The minimum absolute atomic E-state index is 0.0684. The summed E-state index contributed by atoms with van der Waals surface area (Å²) in [6.45, 7) is 5.99. The topological polar surface area (TPSA) is 119 Å². The Kier molecular flexibility index (Phi) is 10.3. The summed E-state index contributed by atoms with van der Waals surface area (Å²) in [5.41, 5.74) is 4.37. The van der Waals surface area contributed by atoms with Crippen LogP contribution in [0.1, 0.15) is 40.5 Å². The highest BCUT2D eigenvalue weighted by Gasteiger charge is 2.18. The summed E-state index contributed by atoms with van der Waals surface area (Å²) in [6, 6.07) is 18.2. The molecule has 10 nitrogen and oxygen atoms in total. The van der Waals surface area contributed by atoms with Gasteiger partial charge in [0.1, 0.15) is 29.7 Å². The van der Waals surface area contributed by atoms with Crippen LogP contribution in [-0.2, 0) is 9.53 Å². The predicted octanol–water partition coefficient (Wildman–Crippen LogP) is 7.18. The molecule has 0 saturated carbocycles. The van der Waals surface area contributed by atoms with Crippen molar-refractivity contribution in [1.29, 1.82) is 0 Å². The number of urea groups is 1. The molecule has 0 saturated heterocycles. The van der Waals surface area contributed by atoms with Gasteiger partial charge in [0.05, 0.1) is 15.3 Å². The highest BCUT2D eigenvalue weighted by atomic mass is 127. The van der Waals surface area contributed by atoms with E-state index < -0.39 is 0 Å². The second kappa shape index (κ2) is 14.1. The lowest BCUT2D eigenvalue weighted by Crippen LogP contribution is -2.21. The van der Waals surface area contributed by atoms with E-state index in [2.05, 4.69) is 50.4 Å². The van der Waals surface area contributed by atoms with Gasteiger partial charge in [-0.3, -0.25) is 10.1 Å². The minimum Gasteiger partial charge on any atom is -0.457 e. The molecule has 2 aromatic carbocycles. The lowest BCUT2D eigenvalue weighted by atomic mass is 10.2. The first-order valence-electron chi connectivity index (χ1n) is 13.2. The fourth-order valence-corrected chi connectivity index (χ4v) is 4.95. The number of amides is 3. The number of alkyl halides is 1. The Morgan fingerprint density at radius 3 is 2.44 bits per heavy atom. The number of aromatic nitrogens is 3. The number of halogens is 1. The van der Waals surface area contributed by atoms with Crippen LogP contribution in [0.25, 0.3) is 5.69 Å². The molecule has 0 aliphatic carbocycles. The van der Waals surface area contributed by atoms with E-state index in [9.17, 15) is 9.59 Å². The molecular weight excluding hydrogens is 635 g/mol. The number of pyridine rings is 1. The van der Waals surface area contributed by atoms with Crippen LogP contribution in [0.5, 0.6) is 11.5 Å². The summed E-state index contributed by atoms with van der Waals surface area (Å²) in [4.78, 5) is 29.0. The lowest BCUT2D eigenvalue weighted by Gasteiger charge is -2.13. The van der Waals surface area contributed by atoms with Crippen LogP contribution in [0.2, 0.25) is 0 Å². The Morgan fingerprint density at radius 1 is 0.976 bits per heavy atom. The molecule has 3 amide bonds. The van der Waals surface area contributed by atoms with E-state index in [0.29, 0.717) is 28.8 Å². The first-order valence-corrected chi connectivity index (χ1v) is 14.4. The number of carbonyl (C=O) groups is 2. The molecule has 4 rings (SSSR count). The maximum Gasteiger partial charge on any atom is 0.324 e. The van der Waals surface area contributed by atoms with Gasteiger partial charge < -0.3 is 20.1 Å². The fraction of sp³-hybridized carbons (Fsp3) is 0.267. The third kappa shape index (κ3) is 8.27. The van der Waals surface area contributed by atoms with Crippen LogP contribution in [0.4, 0.5) is 22.1 Å². The maximum absolute atomic E-state index is 13.1. The number of aryl methyl sites for hydroxylation is 2. The second-order valence-corrected chi connectivity index (χ2v) is 11.0. The number of hydrogen-bond donors (Lipinski definition) is 3. The summed E-state index contributed by atoms with van der Waals surface area (Å²) in [5, 5.41) is 13.3. The third-order valence-corrected chi connectivity index (χ3v) is 7.33. The molecule has 214 valence electrons. The van der Waals surface area contributed by atoms with Crippen molar-refractivity contribution in [2.75, 3.05) is 29.7 Å². The molecule has 1 unspecified atom stereocenters. The van der Waals surface area contributed by atoms with Crippen molar-refractivity contribution >= 4 is 51.9 Å². The van der Waals surface area contributed by atoms with Gasteiger partial charge in [0.25, 0.3) is 5.91 Å². The first kappa shape index (κ1) is 30.0. The number of rotatable bonds is 11. The molecular formula is C30H33IN6O4. The smallest absolute Gasteiger partial charge is 0.324 e. The summed E-state index contributed by atoms with van der Waals surface area (Å²) < 4.78 is 12.8. The lowest BCUT2D eigenvalue weighted by molar-refractivity contribution is -0.119. The molecule has 0 bridgehead atoms. The molecule has 41 heavy (non-hydrogen) atoms. The zero-order valence-corrected chi connectivity index (χ0v) is 25.6. The molecule has 0 spiro atoms. The minimum atomic E-state index is -0.382. The average molecular weight is 669 g/mol. The van der Waals surface area contributed by atoms with E-state index in [0.717, 1.165) is 35.3 Å². The van der Waals surface area contributed by atoms with Gasteiger partial charge >= 0.3 is 6.03 Å². The summed E-state index contributed by atoms with van der Waals surface area (Å²) in [6.07, 6.45) is 3.58. The Labute approximate surface area is 253 Å². The van der Waals surface area contributed by atoms with E-state index in [4.69, 9.17) is 14.6 Å². The Morgan fingerprint density at radius 2 is 1.73 bits per heavy atom. The SMILES string of the molecule is CCCC(I)c1cc(NC(=O)Nc2ccc(Oc3ccnc(NC(=O)COC)c3)cc2C)n(-c2ccc(C)cc2)n1. The largest absolute Gasteiger partial charge is 0.457 e. The van der Waals surface area contributed by atoms with Crippen molar-refractivity contribution in [3.05, 3.63) is 83.7 Å². The number of hydrogen-bond acceptors (Lipinski definition) is 6. The van der Waals surface area contributed by atoms with E-state index in [-0.39, 0.29) is 22.5 Å². The van der Waals surface area contributed by atoms with Crippen LogP contribution >= 0.6 is 22.6 Å². The van der Waals surface area contributed by atoms with Gasteiger partial charge in [-0.25, -0.2) is 14.5 Å². The normalized spacial score (nSPS) is 11.5. The fourth-order valence-electron chi connectivity index (χ4n) is 4.02. The van der Waals surface area contributed by atoms with Gasteiger partial charge in [-0.05, 0) is 62.2 Å². The van der Waals surface area contributed by atoms with Crippen molar-refractivity contribution in [3.63, 3.8) is 0 Å². The number of methoxy groups -OCH3 is 1. The maximum atomic E-state index is 13.1. The third-order valence-electron chi connectivity index (χ3n) is 6.07. The van der Waals surface area contributed by atoms with Crippen molar-refractivity contribution in [2.24, 2.45) is 0 Å². The van der Waals surface area contributed by atoms with Gasteiger partial charge in [0, 0.05) is 31.1 Å². The van der Waals surface area contributed by atoms with Crippen molar-refractivity contribution in [1.82, 2.24) is 14.8 Å². The van der Waals surface area contributed by atoms with Crippen molar-refractivity contribution in [3.8, 4) is 17.2 Å². The van der Waals surface area contributed by atoms with Crippen molar-refractivity contribution < 1.29 is 19.1 Å². The van der Waals surface area contributed by atoms with Crippen LogP contribution < -0.4 is 20.7 Å². The van der Waals surface area contributed by atoms with E-state index in [1.807, 2.05) is 50.2 Å². The Bertz CT molecular complexity index is 1510. The number of carbonyl (C=O) groups excluding carboxylic acids is 2. The molecule has 3 N–H and O–H groups in total. The monoisotopic (exact) mass is 668 g/mol. The van der Waals surface area contributed by atoms with E-state index >= 15 is 0 Å². The summed E-state index contributed by atoms with van der Waals surface area (Å²) in [5.74, 6) is 1.70. The molecule has 2 heterocycles. The van der Waals surface area contributed by atoms with Gasteiger partial charge in [-0.15, -0.1) is 0 Å². The van der Waals surface area contributed by atoms with Crippen LogP contribution in [-0.4, -0.2) is 40.4 Å². The van der Waals surface area contributed by atoms with E-state index in [1.165, 1.54) is 7.11 Å². The average Bonchev–Trinajstić information content (AvgIpc) is 3.35. The quantitative estimate of drug-likeness (QED) is 0.115. The predicted molar refractivity (Wildman–Crippen MR) is 169 cm³/mol. The molecule has 4 aromatic rings. The summed E-state index contributed by atoms with van der Waals surface area (Å²) in [7, 11) is 1.45. The van der Waals surface area contributed by atoms with Crippen LogP contribution in [0.15, 0.2) is 66.9 Å². The van der Waals surface area contributed by atoms with Gasteiger partial charge in [0.15, 0.2) is 0 Å². The van der Waals surface area contributed by atoms with Crippen LogP contribution in [0.3, 0.4) is 0 Å². The summed E-state index contributed by atoms with van der Waals surface area (Å²) >= 11 is 2.40. The zero-order valence-electron chi connectivity index (χ0n) is 23.4. The number of ether oxygens (including phenoxy) is 2. The molecule has 2 aromatic heterocycles. The highest BCUT2D eigenvalue weighted by Crippen LogP contribution is 2.31. The Hall–Kier alpha value is -3.97. The van der Waals surface area contributed by atoms with Gasteiger partial charge in [-0.1, -0.05) is 53.6 Å². The Balaban J connectivity index is 1.46. The van der Waals surface area contributed by atoms with Gasteiger partial charge in [-0.2, -0.15) is 5.10 Å². The number of benzene rings is 2. The molecule has 11 heteroatoms. The number of nitrogens with zero attached hydrogens (tertiary/aromatic N) is 3. The molecule has 0 radical (unpaired) electrons. The molecule has 0 aliphatic heterocycles. The van der Waals surface area contributed by atoms with Crippen molar-refractivity contribution in [2.45, 2.75) is 37.5 Å². The first-order chi connectivity index (χ1) is 19.7. The molecule has 0 fully saturated rings.